The van der Waals surface area contributed by atoms with Crippen molar-refractivity contribution >= 4 is 5.78 Å². The average molecular weight is 303 g/mol. The number of halogens is 1. The molecule has 0 amide bonds. The van der Waals surface area contributed by atoms with Crippen molar-refractivity contribution in [3.8, 4) is 0 Å². The van der Waals surface area contributed by atoms with Crippen molar-refractivity contribution < 1.29 is 18.8 Å². The van der Waals surface area contributed by atoms with Crippen molar-refractivity contribution in [2.45, 2.75) is 38.7 Å². The summed E-state index contributed by atoms with van der Waals surface area (Å²) in [6.45, 7) is 4.85. The van der Waals surface area contributed by atoms with Crippen molar-refractivity contribution in [1.29, 1.82) is 0 Å². The van der Waals surface area contributed by atoms with Gasteiger partial charge in [-0.25, -0.2) is 4.39 Å². The number of fused-ring (bicyclic) bond motifs is 1. The molecule has 1 aliphatic rings. The summed E-state index contributed by atoms with van der Waals surface area (Å²) in [5.74, 6) is -1.03. The molecule has 0 saturated heterocycles. The average Bonchev–Trinajstić information content (AvgIpc) is 2.76. The highest BCUT2D eigenvalue weighted by atomic mass is 19.1. The lowest BCUT2D eigenvalue weighted by atomic mass is 9.64. The van der Waals surface area contributed by atoms with Gasteiger partial charge in [0.2, 0.25) is 0 Å². The van der Waals surface area contributed by atoms with E-state index in [0.717, 1.165) is 5.56 Å². The molecule has 0 radical (unpaired) electrons. The number of aromatic nitrogens is 1. The molecule has 1 aliphatic carbocycles. The zero-order valence-corrected chi connectivity index (χ0v) is 12.8. The number of nitrogens with zero attached hydrogens (tertiary/aromatic N) is 1. The van der Waals surface area contributed by atoms with Crippen LogP contribution in [-0.2, 0) is 11.2 Å². The Kier molecular flexibility index (Phi) is 3.40. The Hall–Kier alpha value is -2.01. The summed E-state index contributed by atoms with van der Waals surface area (Å²) in [4.78, 5) is 12.2. The number of ketones is 1. The maximum atomic E-state index is 13.7. The summed E-state index contributed by atoms with van der Waals surface area (Å²) in [7, 11) is 0. The molecule has 1 heterocycles. The molecule has 0 aliphatic heterocycles. The fourth-order valence-electron chi connectivity index (χ4n) is 3.66. The van der Waals surface area contributed by atoms with Crippen LogP contribution in [-0.4, -0.2) is 21.6 Å². The Labute approximate surface area is 127 Å². The largest absolute Gasteiger partial charge is 0.389 e. The number of rotatable bonds is 2. The molecule has 0 unspecified atom stereocenters. The number of carbonyl (C=O) groups is 1. The molecule has 4 nitrogen and oxygen atoms in total. The number of aryl methyl sites for hydroxylation is 1. The van der Waals surface area contributed by atoms with Gasteiger partial charge in [-0.15, -0.1) is 0 Å². The van der Waals surface area contributed by atoms with Crippen LogP contribution in [0.4, 0.5) is 4.39 Å². The van der Waals surface area contributed by atoms with Gasteiger partial charge < -0.3 is 9.63 Å². The van der Waals surface area contributed by atoms with Crippen LogP contribution in [0.5, 0.6) is 0 Å². The van der Waals surface area contributed by atoms with E-state index in [0.29, 0.717) is 17.0 Å². The van der Waals surface area contributed by atoms with Gasteiger partial charge in [-0.1, -0.05) is 17.3 Å². The molecule has 0 fully saturated rings. The van der Waals surface area contributed by atoms with Gasteiger partial charge in [-0.05, 0) is 38.5 Å². The van der Waals surface area contributed by atoms with Crippen molar-refractivity contribution in [2.75, 3.05) is 0 Å². The van der Waals surface area contributed by atoms with Crippen molar-refractivity contribution in [2.24, 2.45) is 5.92 Å². The van der Waals surface area contributed by atoms with E-state index in [1.807, 2.05) is 0 Å². The number of carbonyl (C=O) groups excluding carboxylic acids is 1. The monoisotopic (exact) mass is 303 g/mol. The first-order valence-electron chi connectivity index (χ1n) is 7.24. The Morgan fingerprint density at radius 1 is 1.50 bits per heavy atom. The molecule has 1 aromatic carbocycles. The highest BCUT2D eigenvalue weighted by Gasteiger charge is 2.49. The van der Waals surface area contributed by atoms with Crippen LogP contribution in [0.1, 0.15) is 42.3 Å². The topological polar surface area (TPSA) is 63.3 Å². The molecule has 3 atom stereocenters. The minimum absolute atomic E-state index is 0.134. The van der Waals surface area contributed by atoms with E-state index in [-0.39, 0.29) is 18.0 Å². The van der Waals surface area contributed by atoms with Gasteiger partial charge in [-0.2, -0.15) is 0 Å². The Balaban J connectivity index is 2.25. The van der Waals surface area contributed by atoms with Gasteiger partial charge in [0, 0.05) is 17.9 Å². The molecule has 5 heteroatoms. The second-order valence-electron chi connectivity index (χ2n) is 6.25. The normalized spacial score (nSPS) is 27.5. The van der Waals surface area contributed by atoms with Gasteiger partial charge >= 0.3 is 0 Å². The first-order valence-corrected chi connectivity index (χ1v) is 7.24. The van der Waals surface area contributed by atoms with Crippen LogP contribution in [0, 0.1) is 18.7 Å². The molecular formula is C17H18FNO3. The predicted octanol–water partition coefficient (Wildman–Crippen LogP) is 2.77. The first-order chi connectivity index (χ1) is 10.3. The minimum Gasteiger partial charge on any atom is -0.389 e. The van der Waals surface area contributed by atoms with Crippen LogP contribution in [0.25, 0.3) is 0 Å². The Bertz CT molecular complexity index is 735. The third-order valence-corrected chi connectivity index (χ3v) is 4.47. The van der Waals surface area contributed by atoms with E-state index in [9.17, 15) is 14.3 Å². The lowest BCUT2D eigenvalue weighted by molar-refractivity contribution is -0.130. The van der Waals surface area contributed by atoms with Crippen LogP contribution >= 0.6 is 0 Å². The number of benzene rings is 1. The highest BCUT2D eigenvalue weighted by Crippen LogP contribution is 2.47. The van der Waals surface area contributed by atoms with Gasteiger partial charge in [0.15, 0.2) is 0 Å². The summed E-state index contributed by atoms with van der Waals surface area (Å²) in [6, 6.07) is 6.13. The standard InChI is InChI=1S/C17H18FNO3/c1-9(20)16-15(11-5-4-6-12(18)7-11)14-10(2)22-19-13(14)8-17(16,3)21/h4-7,15-16,21H,8H2,1-3H3/t15-,16-,17-/m1/s1. The zero-order chi connectivity index (χ0) is 16.1. The number of aliphatic hydroxyl groups is 1. The van der Waals surface area contributed by atoms with Crippen LogP contribution < -0.4 is 0 Å². The Morgan fingerprint density at radius 3 is 2.86 bits per heavy atom. The van der Waals surface area contributed by atoms with E-state index in [2.05, 4.69) is 5.16 Å². The molecular weight excluding hydrogens is 285 g/mol. The molecule has 2 aromatic rings. The van der Waals surface area contributed by atoms with Crippen LogP contribution in [0.15, 0.2) is 28.8 Å². The number of hydrogen-bond donors (Lipinski definition) is 1. The smallest absolute Gasteiger partial charge is 0.137 e. The molecule has 22 heavy (non-hydrogen) atoms. The maximum absolute atomic E-state index is 13.7. The summed E-state index contributed by atoms with van der Waals surface area (Å²) in [5, 5.41) is 14.8. The SMILES string of the molecule is CC(=O)[C@@H]1[C@H](c2cccc(F)c2)c2c(noc2C)C[C@@]1(C)O. The zero-order valence-electron chi connectivity index (χ0n) is 12.8. The maximum Gasteiger partial charge on any atom is 0.137 e. The van der Waals surface area contributed by atoms with Gasteiger partial charge in [0.25, 0.3) is 0 Å². The molecule has 1 N–H and O–H groups in total. The van der Waals surface area contributed by atoms with Crippen molar-refractivity contribution in [1.82, 2.24) is 5.16 Å². The molecule has 0 spiro atoms. The molecule has 0 saturated carbocycles. The van der Waals surface area contributed by atoms with E-state index in [1.165, 1.54) is 19.1 Å². The second kappa shape index (κ2) is 5.02. The van der Waals surface area contributed by atoms with E-state index >= 15 is 0 Å². The summed E-state index contributed by atoms with van der Waals surface area (Å²) < 4.78 is 18.9. The van der Waals surface area contributed by atoms with E-state index in [1.54, 1.807) is 26.0 Å². The third-order valence-electron chi connectivity index (χ3n) is 4.47. The van der Waals surface area contributed by atoms with Gasteiger partial charge in [0.05, 0.1) is 17.2 Å². The molecule has 0 bridgehead atoms. The molecule has 116 valence electrons. The second-order valence-corrected chi connectivity index (χ2v) is 6.25. The summed E-state index contributed by atoms with van der Waals surface area (Å²) in [5.41, 5.74) is 0.818. The van der Waals surface area contributed by atoms with Crippen LogP contribution in [0.2, 0.25) is 0 Å². The Morgan fingerprint density at radius 2 is 2.23 bits per heavy atom. The number of hydrogen-bond acceptors (Lipinski definition) is 4. The van der Waals surface area contributed by atoms with E-state index < -0.39 is 17.4 Å². The third kappa shape index (κ3) is 2.25. The van der Waals surface area contributed by atoms with Crippen molar-refractivity contribution in [3.63, 3.8) is 0 Å². The van der Waals surface area contributed by atoms with Gasteiger partial charge in [0.1, 0.15) is 17.4 Å². The van der Waals surface area contributed by atoms with Crippen molar-refractivity contribution in [3.05, 3.63) is 52.7 Å². The quantitative estimate of drug-likeness (QED) is 0.926. The first kappa shape index (κ1) is 14.9. The van der Waals surface area contributed by atoms with Crippen LogP contribution in [0.3, 0.4) is 0 Å². The summed E-state index contributed by atoms with van der Waals surface area (Å²) >= 11 is 0. The summed E-state index contributed by atoms with van der Waals surface area (Å²) in [6.07, 6.45) is 0.246. The highest BCUT2D eigenvalue weighted by molar-refractivity contribution is 5.82. The van der Waals surface area contributed by atoms with Gasteiger partial charge in [-0.3, -0.25) is 4.79 Å². The molecule has 1 aromatic heterocycles. The lowest BCUT2D eigenvalue weighted by Gasteiger charge is -2.40. The number of Topliss-reactive ketones (excluding diaryl/α,β-unsaturated/α-hetero) is 1. The predicted molar refractivity (Wildman–Crippen MR) is 78.0 cm³/mol. The fourth-order valence-corrected chi connectivity index (χ4v) is 3.66. The minimum atomic E-state index is -1.25. The molecule has 3 rings (SSSR count). The lowest BCUT2D eigenvalue weighted by Crippen LogP contribution is -2.48. The van der Waals surface area contributed by atoms with E-state index in [4.69, 9.17) is 4.52 Å². The fraction of sp³-hybridized carbons (Fsp3) is 0.412.